The predicted octanol–water partition coefficient (Wildman–Crippen LogP) is 3.20. The van der Waals surface area contributed by atoms with Gasteiger partial charge in [-0.2, -0.15) is 14.6 Å². The Morgan fingerprint density at radius 2 is 1.84 bits per heavy atom. The van der Waals surface area contributed by atoms with Crippen molar-refractivity contribution in [1.82, 2.24) is 30.1 Å². The highest BCUT2D eigenvalue weighted by Crippen LogP contribution is 2.17. The highest BCUT2D eigenvalue weighted by molar-refractivity contribution is 5.75. The van der Waals surface area contributed by atoms with E-state index < -0.39 is 5.76 Å². The van der Waals surface area contributed by atoms with Gasteiger partial charge in [-0.1, -0.05) is 41.5 Å². The fourth-order valence-electron chi connectivity index (χ4n) is 2.98. The second kappa shape index (κ2) is 10.5. The van der Waals surface area contributed by atoms with Crippen LogP contribution in [0.4, 0.5) is 0 Å². The van der Waals surface area contributed by atoms with Crippen LogP contribution in [0.25, 0.3) is 17.3 Å². The molecule has 1 N–H and O–H groups in total. The van der Waals surface area contributed by atoms with E-state index in [1.807, 2.05) is 43.3 Å². The number of para-hydroxylation sites is 1. The minimum atomic E-state index is -0.725. The van der Waals surface area contributed by atoms with Gasteiger partial charge in [0.25, 0.3) is 5.89 Å². The van der Waals surface area contributed by atoms with Gasteiger partial charge in [0.15, 0.2) is 5.69 Å². The Bertz CT molecular complexity index is 1180. The van der Waals surface area contributed by atoms with Crippen LogP contribution >= 0.6 is 0 Å². The smallest absolute Gasteiger partial charge is 0.386 e. The molecule has 1 aromatic carbocycles. The van der Waals surface area contributed by atoms with E-state index in [1.165, 1.54) is 15.9 Å². The summed E-state index contributed by atoms with van der Waals surface area (Å²) < 4.78 is 6.20. The molecule has 0 aliphatic carbocycles. The molecule has 3 aromatic rings. The summed E-state index contributed by atoms with van der Waals surface area (Å²) in [6.45, 7) is 8.08. The van der Waals surface area contributed by atoms with Crippen molar-refractivity contribution >= 4 is 5.91 Å². The number of aryl methyl sites for hydroxylation is 1. The van der Waals surface area contributed by atoms with Gasteiger partial charge in [0, 0.05) is 6.54 Å². The number of nitrogens with one attached hydrogen (secondary N) is 1. The van der Waals surface area contributed by atoms with E-state index in [0.717, 1.165) is 23.2 Å². The molecule has 1 amide bonds. The van der Waals surface area contributed by atoms with Crippen molar-refractivity contribution in [3.63, 3.8) is 0 Å². The molecule has 0 saturated heterocycles. The molecule has 0 aliphatic rings. The van der Waals surface area contributed by atoms with E-state index >= 15 is 0 Å². The van der Waals surface area contributed by atoms with E-state index in [4.69, 9.17) is 4.42 Å². The third-order valence-corrected chi connectivity index (χ3v) is 4.71. The first-order valence-electron chi connectivity index (χ1n) is 10.5. The SMILES string of the molecule is CC(C)=CCCC(C)=CCNC(=O)Cn1nc(-c2nn(-c3ccccc3)nc2C)oc1=O. The molecule has 9 heteroatoms. The minimum Gasteiger partial charge on any atom is -0.386 e. The zero-order chi connectivity index (χ0) is 23.1. The third kappa shape index (κ3) is 6.13. The topological polar surface area (TPSA) is 108 Å². The summed E-state index contributed by atoms with van der Waals surface area (Å²) in [6.07, 6.45) is 6.07. The molecule has 2 aromatic heterocycles. The number of carbonyl (C=O) groups excluding carboxylic acids is 1. The molecule has 2 heterocycles. The largest absolute Gasteiger partial charge is 0.437 e. The Balaban J connectivity index is 1.61. The number of rotatable bonds is 9. The van der Waals surface area contributed by atoms with Crippen molar-refractivity contribution in [2.75, 3.05) is 6.54 Å². The number of carbonyl (C=O) groups is 1. The summed E-state index contributed by atoms with van der Waals surface area (Å²) in [6, 6.07) is 9.37. The summed E-state index contributed by atoms with van der Waals surface area (Å²) in [5.41, 5.74) is 4.16. The average Bonchev–Trinajstić information content (AvgIpc) is 3.31. The predicted molar refractivity (Wildman–Crippen MR) is 121 cm³/mol. The lowest BCUT2D eigenvalue weighted by atomic mass is 10.1. The second-order valence-corrected chi connectivity index (χ2v) is 7.76. The molecule has 0 unspecified atom stereocenters. The van der Waals surface area contributed by atoms with Crippen LogP contribution in [-0.2, 0) is 11.3 Å². The van der Waals surface area contributed by atoms with Crippen LogP contribution in [0, 0.1) is 6.92 Å². The quantitative estimate of drug-likeness (QED) is 0.516. The Morgan fingerprint density at radius 1 is 1.09 bits per heavy atom. The normalized spacial score (nSPS) is 11.4. The molecule has 0 bridgehead atoms. The molecule has 0 spiro atoms. The van der Waals surface area contributed by atoms with Crippen molar-refractivity contribution in [2.45, 2.75) is 47.1 Å². The Morgan fingerprint density at radius 3 is 2.56 bits per heavy atom. The zero-order valence-corrected chi connectivity index (χ0v) is 18.8. The molecule has 32 heavy (non-hydrogen) atoms. The number of hydrogen-bond donors (Lipinski definition) is 1. The number of amides is 1. The van der Waals surface area contributed by atoms with Crippen LogP contribution in [0.1, 0.15) is 39.3 Å². The monoisotopic (exact) mass is 436 g/mol. The van der Waals surface area contributed by atoms with Crippen molar-refractivity contribution < 1.29 is 9.21 Å². The van der Waals surface area contributed by atoms with Gasteiger partial charge in [-0.05, 0) is 52.7 Å². The maximum atomic E-state index is 12.2. The van der Waals surface area contributed by atoms with Crippen molar-refractivity contribution in [1.29, 1.82) is 0 Å². The molecule has 0 saturated carbocycles. The highest BCUT2D eigenvalue weighted by atomic mass is 16.4. The lowest BCUT2D eigenvalue weighted by molar-refractivity contribution is -0.121. The number of benzene rings is 1. The third-order valence-electron chi connectivity index (χ3n) is 4.71. The molecule has 9 nitrogen and oxygen atoms in total. The zero-order valence-electron chi connectivity index (χ0n) is 18.8. The maximum absolute atomic E-state index is 12.2. The first-order valence-corrected chi connectivity index (χ1v) is 10.5. The van der Waals surface area contributed by atoms with Crippen molar-refractivity contribution in [2.24, 2.45) is 0 Å². The van der Waals surface area contributed by atoms with Crippen molar-refractivity contribution in [3.8, 4) is 17.3 Å². The lowest BCUT2D eigenvalue weighted by Crippen LogP contribution is -2.31. The van der Waals surface area contributed by atoms with Crippen LogP contribution in [0.3, 0.4) is 0 Å². The van der Waals surface area contributed by atoms with E-state index in [9.17, 15) is 9.59 Å². The maximum Gasteiger partial charge on any atom is 0.437 e. The number of nitrogens with zero attached hydrogens (tertiary/aromatic N) is 5. The summed E-state index contributed by atoms with van der Waals surface area (Å²) in [4.78, 5) is 25.8. The van der Waals surface area contributed by atoms with E-state index in [-0.39, 0.29) is 18.3 Å². The summed E-state index contributed by atoms with van der Waals surface area (Å²) in [7, 11) is 0. The number of aromatic nitrogens is 5. The molecular formula is C23H28N6O3. The molecule has 0 aliphatic heterocycles. The summed E-state index contributed by atoms with van der Waals surface area (Å²) >= 11 is 0. The fraction of sp³-hybridized carbons (Fsp3) is 0.348. The van der Waals surface area contributed by atoms with Gasteiger partial charge in [-0.25, -0.2) is 4.79 Å². The Kier molecular flexibility index (Phi) is 7.54. The Labute approximate surface area is 186 Å². The summed E-state index contributed by atoms with van der Waals surface area (Å²) in [5, 5.41) is 15.6. The van der Waals surface area contributed by atoms with Crippen LogP contribution in [0.2, 0.25) is 0 Å². The fourth-order valence-corrected chi connectivity index (χ4v) is 2.98. The van der Waals surface area contributed by atoms with Gasteiger partial charge in [-0.15, -0.1) is 10.2 Å². The van der Waals surface area contributed by atoms with E-state index in [0.29, 0.717) is 17.9 Å². The lowest BCUT2D eigenvalue weighted by Gasteiger charge is -2.03. The average molecular weight is 437 g/mol. The van der Waals surface area contributed by atoms with E-state index in [1.54, 1.807) is 6.92 Å². The van der Waals surface area contributed by atoms with Gasteiger partial charge < -0.3 is 9.73 Å². The number of hydrogen-bond acceptors (Lipinski definition) is 6. The van der Waals surface area contributed by atoms with Crippen LogP contribution < -0.4 is 11.1 Å². The van der Waals surface area contributed by atoms with Gasteiger partial charge in [0.2, 0.25) is 5.91 Å². The molecule has 168 valence electrons. The molecule has 0 fully saturated rings. The molecule has 0 radical (unpaired) electrons. The molecular weight excluding hydrogens is 408 g/mol. The van der Waals surface area contributed by atoms with Crippen LogP contribution in [0.15, 0.2) is 62.8 Å². The number of allylic oxidation sites excluding steroid dienone is 3. The van der Waals surface area contributed by atoms with Crippen LogP contribution in [0.5, 0.6) is 0 Å². The van der Waals surface area contributed by atoms with Gasteiger partial charge in [0.05, 0.1) is 11.4 Å². The second-order valence-electron chi connectivity index (χ2n) is 7.76. The first kappa shape index (κ1) is 22.9. The minimum absolute atomic E-state index is 0.0255. The molecule has 0 atom stereocenters. The van der Waals surface area contributed by atoms with Crippen molar-refractivity contribution in [3.05, 3.63) is 69.9 Å². The van der Waals surface area contributed by atoms with Crippen LogP contribution in [-0.4, -0.2) is 37.2 Å². The van der Waals surface area contributed by atoms with Gasteiger partial charge in [-0.3, -0.25) is 4.79 Å². The van der Waals surface area contributed by atoms with Gasteiger partial charge in [0.1, 0.15) is 6.54 Å². The molecule has 3 rings (SSSR count). The Hall–Kier alpha value is -3.75. The standard InChI is InChI=1S/C23H28N6O3/c1-16(2)9-8-10-17(3)13-14-24-20(30)15-28-23(31)32-22(27-28)21-18(4)25-29(26-21)19-11-6-5-7-12-19/h5-7,9,11-13H,8,10,14-15H2,1-4H3,(H,24,30). The highest BCUT2D eigenvalue weighted by Gasteiger charge is 2.19. The van der Waals surface area contributed by atoms with Gasteiger partial charge >= 0.3 is 5.76 Å². The first-order chi connectivity index (χ1) is 15.3. The summed E-state index contributed by atoms with van der Waals surface area (Å²) in [5.74, 6) is -1.03. The van der Waals surface area contributed by atoms with E-state index in [2.05, 4.69) is 40.5 Å².